The van der Waals surface area contributed by atoms with Crippen molar-refractivity contribution in [3.63, 3.8) is 0 Å². The van der Waals surface area contributed by atoms with E-state index in [0.29, 0.717) is 25.4 Å². The van der Waals surface area contributed by atoms with E-state index in [1.165, 1.54) is 0 Å². The number of fused-ring (bicyclic) bond motifs is 1. The Labute approximate surface area is 188 Å². The lowest BCUT2D eigenvalue weighted by Crippen LogP contribution is -2.40. The molecule has 4 heterocycles. The number of hydrogen-bond acceptors (Lipinski definition) is 4. The molecular weight excluding hydrogens is 422 g/mol. The summed E-state index contributed by atoms with van der Waals surface area (Å²) in [6, 6.07) is 14.0. The second-order valence-corrected chi connectivity index (χ2v) is 10.6. The average molecular weight is 450 g/mol. The molecule has 0 aliphatic carbocycles. The van der Waals surface area contributed by atoms with E-state index in [9.17, 15) is 8.42 Å². The Morgan fingerprint density at radius 1 is 1.06 bits per heavy atom. The van der Waals surface area contributed by atoms with Crippen molar-refractivity contribution in [2.75, 3.05) is 18.8 Å². The molecule has 1 fully saturated rings. The molecule has 1 aromatic carbocycles. The summed E-state index contributed by atoms with van der Waals surface area (Å²) in [5, 5.41) is 7.97. The molecule has 1 N–H and O–H groups in total. The number of nitrogens with one attached hydrogen (secondary N) is 1. The van der Waals surface area contributed by atoms with Gasteiger partial charge in [-0.3, -0.25) is 10.1 Å². The standard InChI is InChI=1S/C24H27N5O2S/c30-32(31,13-9-19-4-2-1-3-5-19)29-11-6-20(7-12-29)18-28-10-8-21-14-23(25-17-24(21)28)22-15-26-27-16-22/h1-5,8,10,14-17,20H,6-7,9,11-13,18H2,(H,26,27). The van der Waals surface area contributed by atoms with Crippen LogP contribution in [0.3, 0.4) is 0 Å². The fourth-order valence-electron chi connectivity index (χ4n) is 4.46. The Balaban J connectivity index is 1.19. The third-order valence-corrected chi connectivity index (χ3v) is 8.24. The van der Waals surface area contributed by atoms with Gasteiger partial charge in [0, 0.05) is 43.0 Å². The fraction of sp³-hybridized carbons (Fsp3) is 0.333. The molecule has 0 unspecified atom stereocenters. The van der Waals surface area contributed by atoms with Gasteiger partial charge in [0.1, 0.15) is 0 Å². The Hall–Kier alpha value is -2.97. The molecule has 4 aromatic rings. The molecule has 1 aliphatic rings. The topological polar surface area (TPSA) is 83.9 Å². The van der Waals surface area contributed by atoms with E-state index in [-0.39, 0.29) is 5.75 Å². The minimum absolute atomic E-state index is 0.175. The lowest BCUT2D eigenvalue weighted by molar-refractivity contribution is 0.255. The van der Waals surface area contributed by atoms with Crippen molar-refractivity contribution < 1.29 is 8.42 Å². The number of rotatable bonds is 7. The highest BCUT2D eigenvalue weighted by molar-refractivity contribution is 7.89. The van der Waals surface area contributed by atoms with Crippen molar-refractivity contribution in [2.24, 2.45) is 5.92 Å². The van der Waals surface area contributed by atoms with E-state index in [4.69, 9.17) is 0 Å². The quantitative estimate of drug-likeness (QED) is 0.466. The van der Waals surface area contributed by atoms with Crippen LogP contribution in [0.25, 0.3) is 22.2 Å². The summed E-state index contributed by atoms with van der Waals surface area (Å²) in [4.78, 5) is 4.60. The van der Waals surface area contributed by atoms with Gasteiger partial charge in [-0.15, -0.1) is 0 Å². The molecule has 32 heavy (non-hydrogen) atoms. The van der Waals surface area contributed by atoms with Crippen LogP contribution in [0, 0.1) is 5.92 Å². The van der Waals surface area contributed by atoms with Crippen LogP contribution in [0.15, 0.2) is 67.3 Å². The zero-order chi connectivity index (χ0) is 22.0. The minimum atomic E-state index is -3.22. The van der Waals surface area contributed by atoms with E-state index in [2.05, 4.69) is 38.1 Å². The number of H-pyrrole nitrogens is 1. The number of aromatic amines is 1. The smallest absolute Gasteiger partial charge is 0.214 e. The summed E-state index contributed by atoms with van der Waals surface area (Å²) in [6.07, 6.45) is 9.96. The maximum Gasteiger partial charge on any atom is 0.214 e. The number of aromatic nitrogens is 4. The van der Waals surface area contributed by atoms with Crippen molar-refractivity contribution in [1.82, 2.24) is 24.1 Å². The molecule has 7 nitrogen and oxygen atoms in total. The van der Waals surface area contributed by atoms with Gasteiger partial charge in [-0.2, -0.15) is 5.10 Å². The first-order valence-electron chi connectivity index (χ1n) is 11.0. The fourth-order valence-corrected chi connectivity index (χ4v) is 5.98. The molecule has 0 radical (unpaired) electrons. The van der Waals surface area contributed by atoms with Crippen molar-refractivity contribution in [2.45, 2.75) is 25.8 Å². The zero-order valence-corrected chi connectivity index (χ0v) is 18.7. The predicted octanol–water partition coefficient (Wildman–Crippen LogP) is 3.71. The summed E-state index contributed by atoms with van der Waals surface area (Å²) >= 11 is 0. The third kappa shape index (κ3) is 4.47. The number of aryl methyl sites for hydroxylation is 1. The number of benzene rings is 1. The van der Waals surface area contributed by atoms with Crippen LogP contribution >= 0.6 is 0 Å². The van der Waals surface area contributed by atoms with E-state index in [1.807, 2.05) is 42.7 Å². The van der Waals surface area contributed by atoms with Crippen LogP contribution in [-0.4, -0.2) is 51.3 Å². The molecule has 8 heteroatoms. The predicted molar refractivity (Wildman–Crippen MR) is 126 cm³/mol. The second-order valence-electron chi connectivity index (χ2n) is 8.48. The van der Waals surface area contributed by atoms with Crippen LogP contribution in [0.4, 0.5) is 0 Å². The first-order chi connectivity index (χ1) is 15.6. The van der Waals surface area contributed by atoms with Gasteiger partial charge in [-0.25, -0.2) is 12.7 Å². The van der Waals surface area contributed by atoms with E-state index in [1.54, 1.807) is 10.5 Å². The summed E-state index contributed by atoms with van der Waals surface area (Å²) in [5.41, 5.74) is 4.05. The first kappa shape index (κ1) is 20.9. The Morgan fingerprint density at radius 2 is 1.88 bits per heavy atom. The largest absolute Gasteiger partial charge is 0.346 e. The molecule has 0 bridgehead atoms. The molecule has 0 amide bonds. The molecule has 166 valence electrons. The summed E-state index contributed by atoms with van der Waals surface area (Å²) in [5.74, 6) is 0.633. The second kappa shape index (κ2) is 8.88. The lowest BCUT2D eigenvalue weighted by atomic mass is 9.98. The molecule has 0 saturated carbocycles. The van der Waals surface area contributed by atoms with Crippen LogP contribution < -0.4 is 0 Å². The van der Waals surface area contributed by atoms with Gasteiger partial charge >= 0.3 is 0 Å². The van der Waals surface area contributed by atoms with Crippen molar-refractivity contribution in [1.29, 1.82) is 0 Å². The van der Waals surface area contributed by atoms with E-state index in [0.717, 1.165) is 47.1 Å². The number of pyridine rings is 1. The van der Waals surface area contributed by atoms with Gasteiger partial charge in [-0.1, -0.05) is 30.3 Å². The van der Waals surface area contributed by atoms with Crippen LogP contribution in [0.1, 0.15) is 18.4 Å². The van der Waals surface area contributed by atoms with Crippen LogP contribution in [0.5, 0.6) is 0 Å². The Morgan fingerprint density at radius 3 is 2.62 bits per heavy atom. The SMILES string of the molecule is O=S(=O)(CCc1ccccc1)N1CCC(Cn2ccc3cc(-c4cn[nH]c4)ncc32)CC1. The molecule has 0 atom stereocenters. The number of piperidine rings is 1. The van der Waals surface area contributed by atoms with Gasteiger partial charge < -0.3 is 4.57 Å². The van der Waals surface area contributed by atoms with Gasteiger partial charge in [0.15, 0.2) is 0 Å². The third-order valence-electron chi connectivity index (χ3n) is 6.36. The highest BCUT2D eigenvalue weighted by Crippen LogP contribution is 2.26. The first-order valence-corrected chi connectivity index (χ1v) is 12.7. The van der Waals surface area contributed by atoms with Crippen molar-refractivity contribution in [3.05, 3.63) is 72.8 Å². The van der Waals surface area contributed by atoms with E-state index < -0.39 is 10.0 Å². The minimum Gasteiger partial charge on any atom is -0.346 e. The van der Waals surface area contributed by atoms with Crippen molar-refractivity contribution in [3.8, 4) is 11.3 Å². The van der Waals surface area contributed by atoms with Gasteiger partial charge in [0.05, 0.1) is 29.4 Å². The average Bonchev–Trinajstić information content (AvgIpc) is 3.49. The number of hydrogen-bond donors (Lipinski definition) is 1. The molecule has 1 saturated heterocycles. The molecule has 1 aliphatic heterocycles. The van der Waals surface area contributed by atoms with E-state index >= 15 is 0 Å². The van der Waals surface area contributed by atoms with Crippen molar-refractivity contribution >= 4 is 20.9 Å². The van der Waals surface area contributed by atoms with Gasteiger partial charge in [-0.05, 0) is 42.9 Å². The molecule has 3 aromatic heterocycles. The Bertz CT molecular complexity index is 1270. The van der Waals surface area contributed by atoms with Gasteiger partial charge in [0.2, 0.25) is 10.0 Å². The number of nitrogens with zero attached hydrogens (tertiary/aromatic N) is 4. The number of sulfonamides is 1. The lowest BCUT2D eigenvalue weighted by Gasteiger charge is -2.31. The molecular formula is C24H27N5O2S. The highest BCUT2D eigenvalue weighted by Gasteiger charge is 2.28. The molecule has 5 rings (SSSR count). The van der Waals surface area contributed by atoms with Crippen LogP contribution in [0.2, 0.25) is 0 Å². The Kier molecular flexibility index (Phi) is 5.80. The van der Waals surface area contributed by atoms with Crippen LogP contribution in [-0.2, 0) is 23.0 Å². The maximum atomic E-state index is 12.8. The monoisotopic (exact) mass is 449 g/mol. The maximum absolute atomic E-state index is 12.8. The molecule has 0 spiro atoms. The summed E-state index contributed by atoms with van der Waals surface area (Å²) in [7, 11) is -3.22. The summed E-state index contributed by atoms with van der Waals surface area (Å²) < 4.78 is 29.5. The normalized spacial score (nSPS) is 16.0. The van der Waals surface area contributed by atoms with Gasteiger partial charge in [0.25, 0.3) is 0 Å². The summed E-state index contributed by atoms with van der Waals surface area (Å²) in [6.45, 7) is 2.09. The zero-order valence-electron chi connectivity index (χ0n) is 17.9. The highest BCUT2D eigenvalue weighted by atomic mass is 32.2.